The van der Waals surface area contributed by atoms with Gasteiger partial charge in [0, 0.05) is 24.2 Å². The van der Waals surface area contributed by atoms with Crippen LogP contribution in [0.15, 0.2) is 28.8 Å². The Balaban J connectivity index is 1.39. The molecule has 0 saturated heterocycles. The first-order chi connectivity index (χ1) is 16.8. The molecule has 190 valence electrons. The molecule has 0 spiro atoms. The number of hydrogen-bond donors (Lipinski definition) is 0. The zero-order valence-electron chi connectivity index (χ0n) is 21.4. The molecule has 0 aliphatic heterocycles. The number of carbonyl (C=O) groups is 2. The van der Waals surface area contributed by atoms with Crippen molar-refractivity contribution in [3.63, 3.8) is 0 Å². The second-order valence-electron chi connectivity index (χ2n) is 10.3. The van der Waals surface area contributed by atoms with Crippen LogP contribution in [0.3, 0.4) is 0 Å². The van der Waals surface area contributed by atoms with Gasteiger partial charge in [-0.15, -0.1) is 0 Å². The Morgan fingerprint density at radius 3 is 2.49 bits per heavy atom. The number of esters is 1. The molecule has 2 fully saturated rings. The topological polar surface area (TPSA) is 81.9 Å². The van der Waals surface area contributed by atoms with Gasteiger partial charge in [0.2, 0.25) is 5.91 Å². The predicted molar refractivity (Wildman–Crippen MR) is 133 cm³/mol. The van der Waals surface area contributed by atoms with E-state index in [-0.39, 0.29) is 36.4 Å². The van der Waals surface area contributed by atoms with E-state index < -0.39 is 0 Å². The van der Waals surface area contributed by atoms with Gasteiger partial charge in [-0.1, -0.05) is 18.0 Å². The maximum absolute atomic E-state index is 12.9. The van der Waals surface area contributed by atoms with E-state index in [1.807, 2.05) is 57.0 Å². The smallest absolute Gasteiger partial charge is 0.309 e. The first kappa shape index (κ1) is 25.3. The number of rotatable bonds is 8. The molecule has 1 heterocycles. The number of nitrogens with zero attached hydrogens (tertiary/aromatic N) is 2. The molecule has 0 radical (unpaired) electrons. The van der Waals surface area contributed by atoms with E-state index in [0.29, 0.717) is 18.2 Å². The van der Waals surface area contributed by atoms with Crippen molar-refractivity contribution < 1.29 is 23.6 Å². The fourth-order valence-electron chi connectivity index (χ4n) is 5.27. The van der Waals surface area contributed by atoms with Crippen molar-refractivity contribution in [3.05, 3.63) is 35.5 Å². The third-order valence-electron chi connectivity index (χ3n) is 7.31. The Labute approximate surface area is 208 Å². The highest BCUT2D eigenvalue weighted by atomic mass is 16.5. The molecular weight excluding hydrogens is 444 g/mol. The number of likely N-dealkylation sites (N-methyl/N-ethyl adjacent to an activating group) is 1. The van der Waals surface area contributed by atoms with Gasteiger partial charge < -0.3 is 18.9 Å². The normalized spacial score (nSPS) is 20.7. The summed E-state index contributed by atoms with van der Waals surface area (Å²) < 4.78 is 17.2. The molecule has 0 bridgehead atoms. The number of amides is 1. The maximum atomic E-state index is 12.9. The van der Waals surface area contributed by atoms with Crippen molar-refractivity contribution in [3.8, 4) is 17.1 Å². The van der Waals surface area contributed by atoms with Crippen LogP contribution in [0.2, 0.25) is 0 Å². The van der Waals surface area contributed by atoms with Crippen LogP contribution in [-0.2, 0) is 20.7 Å². The summed E-state index contributed by atoms with van der Waals surface area (Å²) in [5.74, 6) is 1.27. The maximum Gasteiger partial charge on any atom is 0.309 e. The SMILES string of the molecule is Cc1noc(-c2ccc(O[C@H]3CCC[C@H](C(=O)OC(C)C)C3)cc2)c1CC(=O)N(C)C1CCCC1. The quantitative estimate of drug-likeness (QED) is 0.463. The van der Waals surface area contributed by atoms with Crippen molar-refractivity contribution in [2.24, 2.45) is 5.92 Å². The molecule has 1 amide bonds. The third kappa shape index (κ3) is 6.24. The van der Waals surface area contributed by atoms with Gasteiger partial charge in [0.25, 0.3) is 0 Å². The van der Waals surface area contributed by atoms with Crippen LogP contribution in [0, 0.1) is 12.8 Å². The zero-order chi connectivity index (χ0) is 24.9. The van der Waals surface area contributed by atoms with Crippen LogP contribution in [0.4, 0.5) is 0 Å². The lowest BCUT2D eigenvalue weighted by Gasteiger charge is -2.29. The summed E-state index contributed by atoms with van der Waals surface area (Å²) in [6, 6.07) is 8.06. The first-order valence-corrected chi connectivity index (χ1v) is 13.0. The summed E-state index contributed by atoms with van der Waals surface area (Å²) >= 11 is 0. The zero-order valence-corrected chi connectivity index (χ0v) is 21.4. The van der Waals surface area contributed by atoms with Crippen molar-refractivity contribution in [1.29, 1.82) is 0 Å². The Hall–Kier alpha value is -2.83. The summed E-state index contributed by atoms with van der Waals surface area (Å²) in [5, 5.41) is 4.14. The number of aryl methyl sites for hydroxylation is 1. The third-order valence-corrected chi connectivity index (χ3v) is 7.31. The summed E-state index contributed by atoms with van der Waals surface area (Å²) in [6.07, 6.45) is 8.13. The Kier molecular flexibility index (Phi) is 8.14. The largest absolute Gasteiger partial charge is 0.490 e. The molecule has 7 heteroatoms. The van der Waals surface area contributed by atoms with E-state index in [0.717, 1.165) is 54.7 Å². The van der Waals surface area contributed by atoms with Gasteiger partial charge in [-0.05, 0) is 83.6 Å². The molecule has 1 aromatic carbocycles. The standard InChI is InChI=1S/C28H38N2O5/c1-18(2)33-28(32)21-8-7-11-24(16-21)34-23-14-12-20(13-15-23)27-25(19(3)29-35-27)17-26(31)30(4)22-9-5-6-10-22/h12-15,18,21-22,24H,5-11,16-17H2,1-4H3/t21-,24-/m0/s1. The minimum absolute atomic E-state index is 0.00820. The highest BCUT2D eigenvalue weighted by molar-refractivity contribution is 5.81. The molecule has 0 unspecified atom stereocenters. The summed E-state index contributed by atoms with van der Waals surface area (Å²) in [7, 11) is 1.91. The van der Waals surface area contributed by atoms with Gasteiger partial charge in [-0.3, -0.25) is 9.59 Å². The number of ether oxygens (including phenoxy) is 2. The van der Waals surface area contributed by atoms with E-state index in [2.05, 4.69) is 5.16 Å². The molecule has 2 atom stereocenters. The minimum Gasteiger partial charge on any atom is -0.490 e. The van der Waals surface area contributed by atoms with Gasteiger partial charge in [-0.2, -0.15) is 0 Å². The molecule has 2 saturated carbocycles. The lowest BCUT2D eigenvalue weighted by atomic mass is 9.87. The molecule has 2 aliphatic rings. The molecule has 0 N–H and O–H groups in total. The number of carbonyl (C=O) groups excluding carboxylic acids is 2. The number of benzene rings is 1. The second kappa shape index (κ2) is 11.3. The van der Waals surface area contributed by atoms with Crippen LogP contribution < -0.4 is 4.74 Å². The van der Waals surface area contributed by atoms with E-state index >= 15 is 0 Å². The van der Waals surface area contributed by atoms with Crippen molar-refractivity contribution in [1.82, 2.24) is 10.1 Å². The second-order valence-corrected chi connectivity index (χ2v) is 10.3. The van der Waals surface area contributed by atoms with Crippen molar-refractivity contribution >= 4 is 11.9 Å². The molecular formula is C28H38N2O5. The summed E-state index contributed by atoms with van der Waals surface area (Å²) in [6.45, 7) is 5.63. The van der Waals surface area contributed by atoms with Crippen molar-refractivity contribution in [2.45, 2.75) is 96.8 Å². The van der Waals surface area contributed by atoms with Crippen LogP contribution in [0.5, 0.6) is 5.75 Å². The summed E-state index contributed by atoms with van der Waals surface area (Å²) in [5.41, 5.74) is 2.45. The van der Waals surface area contributed by atoms with E-state index in [1.54, 1.807) is 0 Å². The fourth-order valence-corrected chi connectivity index (χ4v) is 5.27. The number of hydrogen-bond acceptors (Lipinski definition) is 6. The minimum atomic E-state index is -0.120. The van der Waals surface area contributed by atoms with Crippen LogP contribution in [0.1, 0.15) is 76.5 Å². The van der Waals surface area contributed by atoms with Gasteiger partial charge >= 0.3 is 5.97 Å². The molecule has 7 nitrogen and oxygen atoms in total. The monoisotopic (exact) mass is 482 g/mol. The molecule has 4 rings (SSSR count). The van der Waals surface area contributed by atoms with Crippen LogP contribution >= 0.6 is 0 Å². The van der Waals surface area contributed by atoms with E-state index in [9.17, 15) is 9.59 Å². The highest BCUT2D eigenvalue weighted by Gasteiger charge is 2.30. The lowest BCUT2D eigenvalue weighted by molar-refractivity contribution is -0.154. The van der Waals surface area contributed by atoms with Gasteiger partial charge in [0.15, 0.2) is 5.76 Å². The average Bonchev–Trinajstić information content (AvgIpc) is 3.50. The first-order valence-electron chi connectivity index (χ1n) is 13.0. The molecule has 1 aromatic heterocycles. The van der Waals surface area contributed by atoms with Crippen LogP contribution in [-0.4, -0.2) is 47.2 Å². The van der Waals surface area contributed by atoms with Gasteiger partial charge in [0.05, 0.1) is 30.2 Å². The van der Waals surface area contributed by atoms with Gasteiger partial charge in [0.1, 0.15) is 5.75 Å². The highest BCUT2D eigenvalue weighted by Crippen LogP contribution is 2.32. The van der Waals surface area contributed by atoms with E-state index in [4.69, 9.17) is 14.0 Å². The predicted octanol–water partition coefficient (Wildman–Crippen LogP) is 5.48. The number of aromatic nitrogens is 1. The van der Waals surface area contributed by atoms with Gasteiger partial charge in [-0.25, -0.2) is 0 Å². The van der Waals surface area contributed by atoms with Crippen LogP contribution in [0.25, 0.3) is 11.3 Å². The Bertz CT molecular complexity index is 1010. The molecule has 2 aliphatic carbocycles. The van der Waals surface area contributed by atoms with E-state index in [1.165, 1.54) is 12.8 Å². The lowest BCUT2D eigenvalue weighted by Crippen LogP contribution is -2.36. The van der Waals surface area contributed by atoms with Crippen molar-refractivity contribution in [2.75, 3.05) is 7.05 Å². The Morgan fingerprint density at radius 1 is 1.09 bits per heavy atom. The fraction of sp³-hybridized carbons (Fsp3) is 0.607. The average molecular weight is 483 g/mol. The summed E-state index contributed by atoms with van der Waals surface area (Å²) in [4.78, 5) is 27.2. The Morgan fingerprint density at radius 2 is 1.80 bits per heavy atom. The molecule has 35 heavy (non-hydrogen) atoms. The molecule has 2 aromatic rings.